The molecule has 0 unspecified atom stereocenters. The van der Waals surface area contributed by atoms with E-state index in [4.69, 9.17) is 9.47 Å². The molecule has 0 saturated heterocycles. The second-order valence-corrected chi connectivity index (χ2v) is 7.21. The number of para-hydroxylation sites is 1. The molecule has 3 aromatic carbocycles. The summed E-state index contributed by atoms with van der Waals surface area (Å²) in [5.74, 6) is 3.30. The van der Waals surface area contributed by atoms with E-state index in [1.165, 1.54) is 5.56 Å². The lowest BCUT2D eigenvalue weighted by Crippen LogP contribution is -2.14. The Bertz CT molecular complexity index is 845. The molecule has 128 valence electrons. The number of rotatable bonds is 4. The van der Waals surface area contributed by atoms with Crippen LogP contribution in [0.4, 0.5) is 0 Å². The van der Waals surface area contributed by atoms with Crippen molar-refractivity contribution in [2.24, 2.45) is 0 Å². The van der Waals surface area contributed by atoms with Crippen LogP contribution in [0.3, 0.4) is 0 Å². The van der Waals surface area contributed by atoms with Crippen LogP contribution >= 0.6 is 0 Å². The lowest BCUT2D eigenvalue weighted by molar-refractivity contribution is 0.421. The first-order valence-corrected chi connectivity index (χ1v) is 8.54. The Morgan fingerprint density at radius 1 is 0.640 bits per heavy atom. The highest BCUT2D eigenvalue weighted by Gasteiger charge is 2.25. The van der Waals surface area contributed by atoms with E-state index in [0.717, 1.165) is 28.6 Å². The van der Waals surface area contributed by atoms with Crippen molar-refractivity contribution in [3.8, 4) is 23.0 Å². The van der Waals surface area contributed by atoms with Crippen LogP contribution in [0.1, 0.15) is 31.9 Å². The summed E-state index contributed by atoms with van der Waals surface area (Å²) in [4.78, 5) is 0. The Hall–Kier alpha value is -2.74. The molecule has 25 heavy (non-hydrogen) atoms. The maximum Gasteiger partial charge on any atom is 0.134 e. The first-order valence-electron chi connectivity index (χ1n) is 8.54. The number of aryl methyl sites for hydroxylation is 1. The predicted molar refractivity (Wildman–Crippen MR) is 103 cm³/mol. The molecule has 0 atom stereocenters. The molecule has 0 aliphatic rings. The largest absolute Gasteiger partial charge is 0.457 e. The van der Waals surface area contributed by atoms with E-state index < -0.39 is 0 Å². The Balaban J connectivity index is 2.02. The van der Waals surface area contributed by atoms with Crippen molar-refractivity contribution in [2.45, 2.75) is 33.1 Å². The van der Waals surface area contributed by atoms with Crippen LogP contribution in [0.2, 0.25) is 0 Å². The van der Waals surface area contributed by atoms with Crippen LogP contribution in [0.25, 0.3) is 0 Å². The molecular formula is C23H24O2. The van der Waals surface area contributed by atoms with Crippen LogP contribution in [0.15, 0.2) is 72.8 Å². The van der Waals surface area contributed by atoms with E-state index in [9.17, 15) is 0 Å². The second kappa shape index (κ2) is 7.02. The molecule has 2 heteroatoms. The van der Waals surface area contributed by atoms with Crippen molar-refractivity contribution in [3.05, 3.63) is 83.9 Å². The van der Waals surface area contributed by atoms with Gasteiger partial charge in [-0.05, 0) is 54.3 Å². The molecule has 0 aliphatic heterocycles. The Kier molecular flexibility index (Phi) is 4.80. The van der Waals surface area contributed by atoms with Gasteiger partial charge in [-0.1, -0.05) is 57.2 Å². The molecule has 0 saturated carbocycles. The predicted octanol–water partition coefficient (Wildman–Crippen LogP) is 6.88. The monoisotopic (exact) mass is 332 g/mol. The maximum atomic E-state index is 6.22. The normalized spacial score (nSPS) is 11.2. The van der Waals surface area contributed by atoms with Crippen LogP contribution < -0.4 is 9.47 Å². The minimum absolute atomic E-state index is 0.121. The van der Waals surface area contributed by atoms with Crippen molar-refractivity contribution in [3.63, 3.8) is 0 Å². The number of benzene rings is 3. The fourth-order valence-corrected chi connectivity index (χ4v) is 2.84. The molecule has 0 amide bonds. The van der Waals surface area contributed by atoms with Gasteiger partial charge in [-0.3, -0.25) is 0 Å². The van der Waals surface area contributed by atoms with Crippen LogP contribution in [-0.4, -0.2) is 0 Å². The summed E-state index contributed by atoms with van der Waals surface area (Å²) in [6.07, 6.45) is 0. The summed E-state index contributed by atoms with van der Waals surface area (Å²) in [6.45, 7) is 8.57. The fraction of sp³-hybridized carbons (Fsp3) is 0.217. The molecule has 3 rings (SSSR count). The van der Waals surface area contributed by atoms with Gasteiger partial charge in [0.2, 0.25) is 0 Å². The van der Waals surface area contributed by atoms with Gasteiger partial charge < -0.3 is 9.47 Å². The second-order valence-electron chi connectivity index (χ2n) is 7.21. The van der Waals surface area contributed by atoms with E-state index in [2.05, 4.69) is 33.8 Å². The third-order valence-corrected chi connectivity index (χ3v) is 3.93. The van der Waals surface area contributed by atoms with E-state index in [0.29, 0.717) is 0 Å². The zero-order valence-corrected chi connectivity index (χ0v) is 15.2. The molecular weight excluding hydrogens is 308 g/mol. The SMILES string of the molecule is Cc1cccc(Oc2cccc(Oc3ccccc3)c2C(C)(C)C)c1. The van der Waals surface area contributed by atoms with Gasteiger partial charge in [0.15, 0.2) is 0 Å². The molecule has 0 fully saturated rings. The quantitative estimate of drug-likeness (QED) is 0.518. The Morgan fingerprint density at radius 2 is 1.20 bits per heavy atom. The molecule has 0 heterocycles. The average Bonchev–Trinajstić information content (AvgIpc) is 2.55. The molecule has 0 bridgehead atoms. The van der Waals surface area contributed by atoms with Gasteiger partial charge in [0.25, 0.3) is 0 Å². The average molecular weight is 332 g/mol. The molecule has 0 radical (unpaired) electrons. The van der Waals surface area contributed by atoms with Gasteiger partial charge in [-0.2, -0.15) is 0 Å². The van der Waals surface area contributed by atoms with Crippen molar-refractivity contribution >= 4 is 0 Å². The van der Waals surface area contributed by atoms with E-state index in [-0.39, 0.29) is 5.41 Å². The highest BCUT2D eigenvalue weighted by Crippen LogP contribution is 2.42. The smallest absolute Gasteiger partial charge is 0.134 e. The minimum atomic E-state index is -0.121. The summed E-state index contributed by atoms with van der Waals surface area (Å²) in [5, 5.41) is 0. The van der Waals surface area contributed by atoms with Gasteiger partial charge >= 0.3 is 0 Å². The summed E-state index contributed by atoms with van der Waals surface area (Å²) < 4.78 is 12.4. The number of hydrogen-bond acceptors (Lipinski definition) is 2. The highest BCUT2D eigenvalue weighted by atomic mass is 16.5. The van der Waals surface area contributed by atoms with Crippen molar-refractivity contribution in [1.29, 1.82) is 0 Å². The number of hydrogen-bond donors (Lipinski definition) is 0. The first-order chi connectivity index (χ1) is 11.9. The van der Waals surface area contributed by atoms with E-state index in [1.807, 2.05) is 66.7 Å². The third kappa shape index (κ3) is 4.21. The molecule has 0 aromatic heterocycles. The van der Waals surface area contributed by atoms with Crippen molar-refractivity contribution in [2.75, 3.05) is 0 Å². The summed E-state index contributed by atoms with van der Waals surface area (Å²) >= 11 is 0. The van der Waals surface area contributed by atoms with E-state index in [1.54, 1.807) is 0 Å². The molecule has 0 N–H and O–H groups in total. The zero-order chi connectivity index (χ0) is 17.9. The molecule has 2 nitrogen and oxygen atoms in total. The lowest BCUT2D eigenvalue weighted by Gasteiger charge is -2.25. The first kappa shape index (κ1) is 17.1. The summed E-state index contributed by atoms with van der Waals surface area (Å²) in [5.41, 5.74) is 2.11. The highest BCUT2D eigenvalue weighted by molar-refractivity contribution is 5.52. The molecule has 0 aliphatic carbocycles. The zero-order valence-electron chi connectivity index (χ0n) is 15.2. The topological polar surface area (TPSA) is 18.5 Å². The minimum Gasteiger partial charge on any atom is -0.457 e. The maximum absolute atomic E-state index is 6.22. The summed E-state index contributed by atoms with van der Waals surface area (Å²) in [7, 11) is 0. The van der Waals surface area contributed by atoms with Gasteiger partial charge in [0.05, 0.1) is 0 Å². The fourth-order valence-electron chi connectivity index (χ4n) is 2.84. The third-order valence-electron chi connectivity index (χ3n) is 3.93. The lowest BCUT2D eigenvalue weighted by atomic mass is 9.85. The van der Waals surface area contributed by atoms with Crippen molar-refractivity contribution < 1.29 is 9.47 Å². The van der Waals surface area contributed by atoms with E-state index >= 15 is 0 Å². The molecule has 3 aromatic rings. The van der Waals surface area contributed by atoms with Crippen molar-refractivity contribution in [1.82, 2.24) is 0 Å². The van der Waals surface area contributed by atoms with Gasteiger partial charge in [-0.15, -0.1) is 0 Å². The standard InChI is InChI=1S/C23H24O2/c1-17-10-8-13-19(16-17)25-21-15-9-14-20(22(21)23(2,3)4)24-18-11-6-5-7-12-18/h5-16H,1-4H3. The summed E-state index contributed by atoms with van der Waals surface area (Å²) in [6, 6.07) is 23.9. The van der Waals surface area contributed by atoms with Gasteiger partial charge in [-0.25, -0.2) is 0 Å². The Labute approximate surface area is 150 Å². The van der Waals surface area contributed by atoms with Crippen LogP contribution in [-0.2, 0) is 5.41 Å². The molecule has 0 spiro atoms. The van der Waals surface area contributed by atoms with Crippen LogP contribution in [0, 0.1) is 6.92 Å². The Morgan fingerprint density at radius 3 is 1.80 bits per heavy atom. The van der Waals surface area contributed by atoms with Crippen LogP contribution in [0.5, 0.6) is 23.0 Å². The van der Waals surface area contributed by atoms with Gasteiger partial charge in [0, 0.05) is 5.56 Å². The number of ether oxygens (including phenoxy) is 2. The van der Waals surface area contributed by atoms with Gasteiger partial charge in [0.1, 0.15) is 23.0 Å².